The molecule has 0 spiro atoms. The van der Waals surface area contributed by atoms with Crippen LogP contribution in [0, 0.1) is 11.8 Å². The zero-order chi connectivity index (χ0) is 11.5. The van der Waals surface area contributed by atoms with E-state index in [1.807, 2.05) is 0 Å². The van der Waals surface area contributed by atoms with Gasteiger partial charge in [0.15, 0.2) is 0 Å². The van der Waals surface area contributed by atoms with Crippen LogP contribution in [-0.4, -0.2) is 29.9 Å². The van der Waals surface area contributed by atoms with E-state index in [2.05, 4.69) is 11.8 Å². The topological polar surface area (TPSA) is 46.3 Å². The first-order valence-electron chi connectivity index (χ1n) is 6.75. The molecule has 0 bridgehead atoms. The van der Waals surface area contributed by atoms with E-state index in [1.165, 1.54) is 12.8 Å². The Morgan fingerprint density at radius 3 is 2.62 bits per heavy atom. The van der Waals surface area contributed by atoms with Crippen molar-refractivity contribution < 1.29 is 4.79 Å². The minimum atomic E-state index is 0.211. The smallest absolute Gasteiger partial charge is 0.225 e. The molecule has 0 radical (unpaired) electrons. The molecule has 0 aromatic heterocycles. The lowest BCUT2D eigenvalue weighted by Crippen LogP contribution is -2.41. The second-order valence-corrected chi connectivity index (χ2v) is 5.44. The zero-order valence-electron chi connectivity index (χ0n) is 10.3. The number of nitrogens with zero attached hydrogens (tertiary/aromatic N) is 1. The van der Waals surface area contributed by atoms with E-state index in [4.69, 9.17) is 5.73 Å². The highest BCUT2D eigenvalue weighted by atomic mass is 16.2. The van der Waals surface area contributed by atoms with E-state index in [9.17, 15) is 4.79 Å². The Labute approximate surface area is 98.4 Å². The summed E-state index contributed by atoms with van der Waals surface area (Å²) in [4.78, 5) is 14.4. The zero-order valence-corrected chi connectivity index (χ0v) is 10.3. The van der Waals surface area contributed by atoms with Crippen LogP contribution in [-0.2, 0) is 4.79 Å². The molecule has 2 atom stereocenters. The summed E-state index contributed by atoms with van der Waals surface area (Å²) in [5.74, 6) is 1.37. The molecule has 2 saturated carbocycles. The van der Waals surface area contributed by atoms with E-state index in [1.54, 1.807) is 0 Å². The van der Waals surface area contributed by atoms with Crippen LogP contribution >= 0.6 is 0 Å². The van der Waals surface area contributed by atoms with Crippen LogP contribution in [0.3, 0.4) is 0 Å². The second-order valence-electron chi connectivity index (χ2n) is 5.44. The minimum absolute atomic E-state index is 0.211. The summed E-state index contributed by atoms with van der Waals surface area (Å²) in [5, 5.41) is 0. The third-order valence-corrected chi connectivity index (χ3v) is 3.93. The molecule has 0 aromatic rings. The Hall–Kier alpha value is -0.570. The number of carbonyl (C=O) groups is 1. The molecular formula is C13H24N2O. The first-order valence-corrected chi connectivity index (χ1v) is 6.75. The quantitative estimate of drug-likeness (QED) is 0.791. The molecule has 16 heavy (non-hydrogen) atoms. The molecular weight excluding hydrogens is 200 g/mol. The fraction of sp³-hybridized carbons (Fsp3) is 0.923. The van der Waals surface area contributed by atoms with Gasteiger partial charge in [-0.05, 0) is 44.9 Å². The predicted octanol–water partition coefficient (Wildman–Crippen LogP) is 1.76. The van der Waals surface area contributed by atoms with Gasteiger partial charge in [-0.15, -0.1) is 0 Å². The third kappa shape index (κ3) is 2.97. The van der Waals surface area contributed by atoms with Gasteiger partial charge < -0.3 is 10.6 Å². The highest BCUT2D eigenvalue weighted by Gasteiger charge is 2.31. The molecule has 0 aliphatic heterocycles. The van der Waals surface area contributed by atoms with E-state index >= 15 is 0 Å². The molecule has 0 heterocycles. The van der Waals surface area contributed by atoms with Crippen LogP contribution in [0.4, 0.5) is 0 Å². The molecule has 2 unspecified atom stereocenters. The Balaban J connectivity index is 1.87. The summed E-state index contributed by atoms with van der Waals surface area (Å²) in [6.45, 7) is 3.94. The molecule has 1 amide bonds. The highest BCUT2D eigenvalue weighted by Crippen LogP contribution is 2.31. The van der Waals surface area contributed by atoms with Crippen molar-refractivity contribution in [2.24, 2.45) is 17.6 Å². The normalized spacial score (nSPS) is 30.1. The van der Waals surface area contributed by atoms with Crippen molar-refractivity contribution in [1.29, 1.82) is 0 Å². The van der Waals surface area contributed by atoms with Crippen LogP contribution < -0.4 is 5.73 Å². The largest absolute Gasteiger partial charge is 0.342 e. The van der Waals surface area contributed by atoms with Crippen molar-refractivity contribution in [2.75, 3.05) is 13.1 Å². The fourth-order valence-electron chi connectivity index (χ4n) is 2.70. The van der Waals surface area contributed by atoms with Gasteiger partial charge >= 0.3 is 0 Å². The first-order chi connectivity index (χ1) is 7.70. The molecule has 0 saturated heterocycles. The van der Waals surface area contributed by atoms with Crippen LogP contribution in [0.2, 0.25) is 0 Å². The monoisotopic (exact) mass is 224 g/mol. The molecule has 2 rings (SSSR count). The van der Waals surface area contributed by atoms with Crippen LogP contribution in [0.1, 0.15) is 45.4 Å². The van der Waals surface area contributed by atoms with Crippen molar-refractivity contribution in [1.82, 2.24) is 4.90 Å². The van der Waals surface area contributed by atoms with Crippen molar-refractivity contribution in [3.8, 4) is 0 Å². The number of hydrogen-bond acceptors (Lipinski definition) is 2. The average molecular weight is 224 g/mol. The van der Waals surface area contributed by atoms with Gasteiger partial charge in [0.05, 0.1) is 0 Å². The maximum atomic E-state index is 12.3. The molecule has 0 aromatic carbocycles. The molecule has 2 N–H and O–H groups in total. The predicted molar refractivity (Wildman–Crippen MR) is 64.9 cm³/mol. The van der Waals surface area contributed by atoms with Gasteiger partial charge in [-0.2, -0.15) is 0 Å². The van der Waals surface area contributed by atoms with Crippen molar-refractivity contribution in [3.05, 3.63) is 0 Å². The summed E-state index contributed by atoms with van der Waals surface area (Å²) in [7, 11) is 0. The second kappa shape index (κ2) is 5.17. The van der Waals surface area contributed by atoms with E-state index < -0.39 is 0 Å². The fourth-order valence-corrected chi connectivity index (χ4v) is 2.70. The third-order valence-electron chi connectivity index (χ3n) is 3.93. The van der Waals surface area contributed by atoms with Crippen LogP contribution in [0.5, 0.6) is 0 Å². The van der Waals surface area contributed by atoms with E-state index in [0.29, 0.717) is 5.91 Å². The Kier molecular flexibility index (Phi) is 3.85. The standard InChI is InChI=1S/C13H24N2O/c1-2-15(9-10-6-7-10)13(16)11-4-3-5-12(14)8-11/h10-12H,2-9,14H2,1H3. The maximum absolute atomic E-state index is 12.3. The first kappa shape index (κ1) is 11.9. The molecule has 2 fully saturated rings. The lowest BCUT2D eigenvalue weighted by molar-refractivity contribution is -0.136. The molecule has 2 aliphatic rings. The van der Waals surface area contributed by atoms with Gasteiger partial charge in [0.25, 0.3) is 0 Å². The summed E-state index contributed by atoms with van der Waals surface area (Å²) in [6.07, 6.45) is 6.80. The van der Waals surface area contributed by atoms with Crippen molar-refractivity contribution >= 4 is 5.91 Å². The summed E-state index contributed by atoms with van der Waals surface area (Å²) in [6, 6.07) is 0.252. The Bertz CT molecular complexity index is 244. The van der Waals surface area contributed by atoms with Crippen molar-refractivity contribution in [3.63, 3.8) is 0 Å². The number of nitrogens with two attached hydrogens (primary N) is 1. The SMILES string of the molecule is CCN(CC1CC1)C(=O)C1CCCC(N)C1. The minimum Gasteiger partial charge on any atom is -0.342 e. The molecule has 3 heteroatoms. The van der Waals surface area contributed by atoms with E-state index in [0.717, 1.165) is 44.7 Å². The average Bonchev–Trinajstić information content (AvgIpc) is 3.09. The Morgan fingerprint density at radius 2 is 2.06 bits per heavy atom. The van der Waals surface area contributed by atoms with E-state index in [-0.39, 0.29) is 12.0 Å². The molecule has 92 valence electrons. The van der Waals surface area contributed by atoms with Crippen LogP contribution in [0.25, 0.3) is 0 Å². The molecule has 3 nitrogen and oxygen atoms in total. The molecule has 2 aliphatic carbocycles. The van der Waals surface area contributed by atoms with Crippen LogP contribution in [0.15, 0.2) is 0 Å². The Morgan fingerprint density at radius 1 is 1.31 bits per heavy atom. The number of amides is 1. The summed E-state index contributed by atoms with van der Waals surface area (Å²) in [5.41, 5.74) is 5.95. The highest BCUT2D eigenvalue weighted by molar-refractivity contribution is 5.79. The van der Waals surface area contributed by atoms with Gasteiger partial charge in [-0.1, -0.05) is 6.42 Å². The number of hydrogen-bond donors (Lipinski definition) is 1. The maximum Gasteiger partial charge on any atom is 0.225 e. The number of carbonyl (C=O) groups excluding carboxylic acids is 1. The van der Waals surface area contributed by atoms with Gasteiger partial charge in [0, 0.05) is 25.0 Å². The summed E-state index contributed by atoms with van der Waals surface area (Å²) >= 11 is 0. The van der Waals surface area contributed by atoms with Gasteiger partial charge in [0.2, 0.25) is 5.91 Å². The summed E-state index contributed by atoms with van der Waals surface area (Å²) < 4.78 is 0. The lowest BCUT2D eigenvalue weighted by Gasteiger charge is -2.31. The van der Waals surface area contributed by atoms with Gasteiger partial charge in [0.1, 0.15) is 0 Å². The lowest BCUT2D eigenvalue weighted by atomic mass is 9.85. The number of rotatable bonds is 4. The van der Waals surface area contributed by atoms with Gasteiger partial charge in [-0.3, -0.25) is 4.79 Å². The van der Waals surface area contributed by atoms with Crippen molar-refractivity contribution in [2.45, 2.75) is 51.5 Å². The van der Waals surface area contributed by atoms with Gasteiger partial charge in [-0.25, -0.2) is 0 Å².